The van der Waals surface area contributed by atoms with Gasteiger partial charge in [0, 0.05) is 11.8 Å². The molecule has 1 aliphatic rings. The number of benzene rings is 4. The summed E-state index contributed by atoms with van der Waals surface area (Å²) in [5.41, 5.74) is 2.77. The van der Waals surface area contributed by atoms with Crippen LogP contribution in [0.3, 0.4) is 0 Å². The summed E-state index contributed by atoms with van der Waals surface area (Å²) in [4.78, 5) is 51.6. The fourth-order valence-corrected chi connectivity index (χ4v) is 5.72. The molecule has 3 amide bonds. The molecule has 4 aromatic carbocycles. The number of rotatable bonds is 7. The predicted octanol–water partition coefficient (Wildman–Crippen LogP) is 5.93. The van der Waals surface area contributed by atoms with Crippen molar-refractivity contribution in [2.24, 2.45) is 0 Å². The second-order valence-electron chi connectivity index (χ2n) is 9.69. The van der Waals surface area contributed by atoms with Crippen LogP contribution < -0.4 is 15.5 Å². The summed E-state index contributed by atoms with van der Waals surface area (Å²) in [7, 11) is 0. The number of anilines is 2. The number of carbonyl (C=O) groups excluding carboxylic acids is 3. The summed E-state index contributed by atoms with van der Waals surface area (Å²) >= 11 is 6.29. The molecule has 11 heteroatoms. The molecule has 0 aromatic heterocycles. The number of fused-ring (bicyclic) bond motifs is 1. The molecular formula is C31H24N4O5S2. The molecule has 0 aliphatic carbocycles. The third-order valence-corrected chi connectivity index (χ3v) is 7.80. The van der Waals surface area contributed by atoms with Gasteiger partial charge in [-0.05, 0) is 89.9 Å². The second-order valence-corrected chi connectivity index (χ2v) is 11.1. The lowest BCUT2D eigenvalue weighted by Crippen LogP contribution is -2.54. The van der Waals surface area contributed by atoms with Gasteiger partial charge in [-0.15, -0.1) is 11.8 Å². The average molecular weight is 597 g/mol. The summed E-state index contributed by atoms with van der Waals surface area (Å²) in [5.74, 6) is -1.71. The molecule has 1 aliphatic heterocycles. The van der Waals surface area contributed by atoms with E-state index in [0.717, 1.165) is 33.7 Å². The van der Waals surface area contributed by atoms with Gasteiger partial charge in [0.2, 0.25) is 5.91 Å². The Hall–Kier alpha value is -4.87. The molecule has 210 valence electrons. The zero-order valence-corrected chi connectivity index (χ0v) is 24.2. The van der Waals surface area contributed by atoms with Crippen LogP contribution in [-0.2, 0) is 14.4 Å². The first-order chi connectivity index (χ1) is 20.1. The van der Waals surface area contributed by atoms with Gasteiger partial charge in [0.25, 0.3) is 17.5 Å². The van der Waals surface area contributed by atoms with E-state index in [1.165, 1.54) is 23.1 Å². The minimum Gasteiger partial charge on any atom is -0.325 e. The van der Waals surface area contributed by atoms with Gasteiger partial charge in [-0.1, -0.05) is 42.5 Å². The highest BCUT2D eigenvalue weighted by Crippen LogP contribution is 2.32. The monoisotopic (exact) mass is 596 g/mol. The molecular weight excluding hydrogens is 572 g/mol. The van der Waals surface area contributed by atoms with Crippen molar-refractivity contribution in [3.8, 4) is 0 Å². The van der Waals surface area contributed by atoms with Crippen molar-refractivity contribution in [2.75, 3.05) is 16.0 Å². The highest BCUT2D eigenvalue weighted by molar-refractivity contribution is 8.00. The third-order valence-electron chi connectivity index (χ3n) is 6.45. The number of thiocarbonyl (C=S) groups is 1. The molecule has 1 heterocycles. The quantitative estimate of drug-likeness (QED) is 0.0678. The van der Waals surface area contributed by atoms with Crippen LogP contribution in [-0.4, -0.2) is 33.5 Å². The van der Waals surface area contributed by atoms with Crippen molar-refractivity contribution in [2.45, 2.75) is 18.7 Å². The first kappa shape index (κ1) is 28.7. The standard InChI is InChI=1S/C31H24N4O5S2/c1-18-11-19(2)13-24(12-18)34-30(38)25(29(37)33-31(34)41)14-20-7-10-27(26(15-20)35(39)40)42-17-28(36)32-23-9-8-21-5-3-4-6-22(21)16-23/h3-16H,17H2,1-2H3,(H,32,36)(H,33,37,41)/b25-14+. The number of nitrogens with zero attached hydrogens (tertiary/aromatic N) is 2. The van der Waals surface area contributed by atoms with E-state index in [1.54, 1.807) is 24.3 Å². The van der Waals surface area contributed by atoms with E-state index in [-0.39, 0.29) is 38.5 Å². The van der Waals surface area contributed by atoms with Gasteiger partial charge >= 0.3 is 0 Å². The van der Waals surface area contributed by atoms with Crippen LogP contribution in [0.15, 0.2) is 89.3 Å². The summed E-state index contributed by atoms with van der Waals surface area (Å²) < 4.78 is 0. The van der Waals surface area contributed by atoms with Crippen LogP contribution in [0.5, 0.6) is 0 Å². The number of carbonyl (C=O) groups is 3. The molecule has 42 heavy (non-hydrogen) atoms. The van der Waals surface area contributed by atoms with E-state index in [0.29, 0.717) is 11.4 Å². The lowest BCUT2D eigenvalue weighted by molar-refractivity contribution is -0.387. The zero-order chi connectivity index (χ0) is 30.0. The van der Waals surface area contributed by atoms with Gasteiger partial charge < -0.3 is 5.32 Å². The summed E-state index contributed by atoms with van der Waals surface area (Å²) in [6, 6.07) is 23.1. The van der Waals surface area contributed by atoms with Crippen molar-refractivity contribution in [3.05, 3.63) is 111 Å². The Morgan fingerprint density at radius 1 is 1.00 bits per heavy atom. The Bertz CT molecular complexity index is 1820. The molecule has 0 bridgehead atoms. The molecule has 0 atom stereocenters. The van der Waals surface area contributed by atoms with E-state index in [2.05, 4.69) is 10.6 Å². The van der Waals surface area contributed by atoms with Crippen molar-refractivity contribution in [1.29, 1.82) is 0 Å². The number of hydrogen-bond donors (Lipinski definition) is 2. The van der Waals surface area contributed by atoms with E-state index in [9.17, 15) is 24.5 Å². The second kappa shape index (κ2) is 11.9. The van der Waals surface area contributed by atoms with E-state index < -0.39 is 16.7 Å². The predicted molar refractivity (Wildman–Crippen MR) is 169 cm³/mol. The van der Waals surface area contributed by atoms with Gasteiger partial charge in [-0.2, -0.15) is 0 Å². The Labute approximate surface area is 250 Å². The molecule has 0 radical (unpaired) electrons. The number of nitrogens with one attached hydrogen (secondary N) is 2. The first-order valence-electron chi connectivity index (χ1n) is 12.8. The van der Waals surface area contributed by atoms with Crippen LogP contribution >= 0.6 is 24.0 Å². The van der Waals surface area contributed by atoms with E-state index in [1.807, 2.05) is 56.3 Å². The molecule has 1 saturated heterocycles. The molecule has 0 saturated carbocycles. The smallest absolute Gasteiger partial charge is 0.283 e. The molecule has 1 fully saturated rings. The van der Waals surface area contributed by atoms with Crippen LogP contribution in [0.25, 0.3) is 16.8 Å². The minimum absolute atomic E-state index is 0.0492. The molecule has 5 rings (SSSR count). The summed E-state index contributed by atoms with van der Waals surface area (Å²) in [6.45, 7) is 3.77. The molecule has 9 nitrogen and oxygen atoms in total. The Kier molecular flexibility index (Phi) is 8.14. The van der Waals surface area contributed by atoms with Crippen LogP contribution in [0.4, 0.5) is 17.1 Å². The zero-order valence-electron chi connectivity index (χ0n) is 22.5. The SMILES string of the molecule is Cc1cc(C)cc(N2C(=O)/C(=C/c3ccc(SCC(=O)Nc4ccc5ccccc5c4)c([N+](=O)[O-])c3)C(=O)NC2=S)c1. The molecule has 2 N–H and O–H groups in total. The summed E-state index contributed by atoms with van der Waals surface area (Å²) in [6.07, 6.45) is 1.29. The Balaban J connectivity index is 1.34. The van der Waals surface area contributed by atoms with E-state index >= 15 is 0 Å². The lowest BCUT2D eigenvalue weighted by atomic mass is 10.1. The maximum absolute atomic E-state index is 13.4. The number of thioether (sulfide) groups is 1. The van der Waals surface area contributed by atoms with Gasteiger partial charge in [0.1, 0.15) is 5.57 Å². The van der Waals surface area contributed by atoms with Crippen LogP contribution in [0.2, 0.25) is 0 Å². The van der Waals surface area contributed by atoms with Gasteiger partial charge in [-0.25, -0.2) is 0 Å². The van der Waals surface area contributed by atoms with Gasteiger partial charge in [0.05, 0.1) is 21.3 Å². The number of nitro benzene ring substituents is 1. The maximum atomic E-state index is 13.4. The Morgan fingerprint density at radius 3 is 2.43 bits per heavy atom. The molecule has 0 unspecified atom stereocenters. The maximum Gasteiger partial charge on any atom is 0.283 e. The highest BCUT2D eigenvalue weighted by atomic mass is 32.2. The summed E-state index contributed by atoms with van der Waals surface area (Å²) in [5, 5.41) is 19.2. The lowest BCUT2D eigenvalue weighted by Gasteiger charge is -2.29. The molecule has 4 aromatic rings. The fraction of sp³-hybridized carbons (Fsp3) is 0.0968. The third kappa shape index (κ3) is 6.22. The topological polar surface area (TPSA) is 122 Å². The number of aryl methyl sites for hydroxylation is 2. The van der Waals surface area contributed by atoms with Gasteiger partial charge in [-0.3, -0.25) is 34.7 Å². The normalized spacial score (nSPS) is 14.3. The molecule has 0 spiro atoms. The van der Waals surface area contributed by atoms with Crippen molar-refractivity contribution in [3.63, 3.8) is 0 Å². The van der Waals surface area contributed by atoms with Gasteiger partial charge in [0.15, 0.2) is 5.11 Å². The van der Waals surface area contributed by atoms with Crippen LogP contribution in [0, 0.1) is 24.0 Å². The minimum atomic E-state index is -0.697. The largest absolute Gasteiger partial charge is 0.325 e. The fourth-order valence-electron chi connectivity index (χ4n) is 4.63. The van der Waals surface area contributed by atoms with Crippen molar-refractivity contribution >= 4 is 80.7 Å². The highest BCUT2D eigenvalue weighted by Gasteiger charge is 2.34. The van der Waals surface area contributed by atoms with Crippen molar-refractivity contribution < 1.29 is 19.3 Å². The number of nitro groups is 1. The van der Waals surface area contributed by atoms with Crippen molar-refractivity contribution in [1.82, 2.24) is 5.32 Å². The van der Waals surface area contributed by atoms with E-state index in [4.69, 9.17) is 12.2 Å². The first-order valence-corrected chi connectivity index (χ1v) is 14.2. The number of hydrogen-bond acceptors (Lipinski definition) is 7. The number of amides is 3. The Morgan fingerprint density at radius 2 is 1.71 bits per heavy atom. The average Bonchev–Trinajstić information content (AvgIpc) is 2.93. The van der Waals surface area contributed by atoms with Crippen LogP contribution in [0.1, 0.15) is 16.7 Å².